The molecular weight excluding hydrogens is 212 g/mol. The van der Waals surface area contributed by atoms with Crippen LogP contribution < -0.4 is 0 Å². The lowest BCUT2D eigenvalue weighted by atomic mass is 10.1. The molecule has 0 aromatic heterocycles. The van der Waals surface area contributed by atoms with Crippen molar-refractivity contribution in [3.63, 3.8) is 0 Å². The Balaban J connectivity index is 2.99. The normalized spacial score (nSPS) is 11.5. The summed E-state index contributed by atoms with van der Waals surface area (Å²) in [5, 5.41) is 9.16. The van der Waals surface area contributed by atoms with E-state index < -0.39 is 9.05 Å². The summed E-state index contributed by atoms with van der Waals surface area (Å²) in [6.45, 7) is 1.69. The molecule has 1 aromatic rings. The van der Waals surface area contributed by atoms with E-state index in [9.17, 15) is 8.42 Å². The average molecular weight is 221 g/mol. The van der Waals surface area contributed by atoms with Gasteiger partial charge < -0.3 is 5.11 Å². The number of aromatic hydroxyl groups is 1. The van der Waals surface area contributed by atoms with Gasteiger partial charge in [0.2, 0.25) is 9.05 Å². The zero-order valence-electron chi connectivity index (χ0n) is 6.99. The maximum atomic E-state index is 10.7. The van der Waals surface area contributed by atoms with Gasteiger partial charge in [-0.15, -0.1) is 0 Å². The predicted octanol–water partition coefficient (Wildman–Crippen LogP) is 1.77. The molecular formula is C8H9ClO3S. The van der Waals surface area contributed by atoms with Crippen LogP contribution in [0.2, 0.25) is 0 Å². The first-order chi connectivity index (χ1) is 5.88. The molecule has 0 bridgehead atoms. The monoisotopic (exact) mass is 220 g/mol. The summed E-state index contributed by atoms with van der Waals surface area (Å²) >= 11 is 0. The van der Waals surface area contributed by atoms with Gasteiger partial charge in [-0.3, -0.25) is 0 Å². The predicted molar refractivity (Wildman–Crippen MR) is 51.3 cm³/mol. The van der Waals surface area contributed by atoms with E-state index in [1.54, 1.807) is 13.0 Å². The maximum Gasteiger partial charge on any atom is 0.236 e. The number of benzene rings is 1. The highest BCUT2D eigenvalue weighted by molar-refractivity contribution is 8.13. The summed E-state index contributed by atoms with van der Waals surface area (Å²) in [6, 6.07) is 4.57. The number of hydrogen-bond donors (Lipinski definition) is 1. The van der Waals surface area contributed by atoms with Gasteiger partial charge >= 0.3 is 0 Å². The molecule has 0 saturated heterocycles. The summed E-state index contributed by atoms with van der Waals surface area (Å²) in [5.74, 6) is -0.0638. The van der Waals surface area contributed by atoms with Crippen LogP contribution in [0.25, 0.3) is 0 Å². The van der Waals surface area contributed by atoms with Crippen LogP contribution in [0, 0.1) is 6.92 Å². The average Bonchev–Trinajstić information content (AvgIpc) is 1.94. The summed E-state index contributed by atoms with van der Waals surface area (Å²) < 4.78 is 21.4. The Bertz CT molecular complexity index is 411. The number of phenols is 1. The van der Waals surface area contributed by atoms with Crippen molar-refractivity contribution in [2.24, 2.45) is 0 Å². The van der Waals surface area contributed by atoms with Gasteiger partial charge in [-0.1, -0.05) is 12.1 Å². The second-order valence-corrected chi connectivity index (χ2v) is 5.58. The molecule has 1 aromatic carbocycles. The van der Waals surface area contributed by atoms with Crippen LogP contribution in [0.4, 0.5) is 0 Å². The molecule has 0 radical (unpaired) electrons. The first-order valence-electron chi connectivity index (χ1n) is 3.59. The molecule has 0 aliphatic rings. The van der Waals surface area contributed by atoms with Gasteiger partial charge in [-0.05, 0) is 24.1 Å². The van der Waals surface area contributed by atoms with E-state index in [4.69, 9.17) is 15.8 Å². The molecule has 0 aliphatic heterocycles. The fourth-order valence-electron chi connectivity index (χ4n) is 1.01. The van der Waals surface area contributed by atoms with Crippen LogP contribution in [-0.2, 0) is 14.8 Å². The molecule has 13 heavy (non-hydrogen) atoms. The van der Waals surface area contributed by atoms with Crippen LogP contribution in [-0.4, -0.2) is 13.5 Å². The molecule has 0 saturated carbocycles. The number of phenolic OH excluding ortho intramolecular Hbond substituents is 1. The number of rotatable bonds is 2. The lowest BCUT2D eigenvalue weighted by Crippen LogP contribution is -1.95. The zero-order valence-corrected chi connectivity index (χ0v) is 8.56. The molecule has 0 fully saturated rings. The van der Waals surface area contributed by atoms with Gasteiger partial charge in [0.15, 0.2) is 0 Å². The van der Waals surface area contributed by atoms with Crippen LogP contribution >= 0.6 is 10.7 Å². The Morgan fingerprint density at radius 2 is 2.08 bits per heavy atom. The van der Waals surface area contributed by atoms with Crippen molar-refractivity contribution in [1.82, 2.24) is 0 Å². The largest absolute Gasteiger partial charge is 0.508 e. The zero-order chi connectivity index (χ0) is 10.1. The Labute approximate surface area is 81.4 Å². The van der Waals surface area contributed by atoms with Crippen molar-refractivity contribution in [3.05, 3.63) is 29.3 Å². The number of hydrogen-bond acceptors (Lipinski definition) is 3. The summed E-state index contributed by atoms with van der Waals surface area (Å²) in [4.78, 5) is 0. The standard InChI is InChI=1S/C8H9ClO3S/c1-6-4-7(2-3-8(6)10)5-13(9,11)12/h2-4,10H,5H2,1H3. The van der Waals surface area contributed by atoms with E-state index in [1.807, 2.05) is 0 Å². The van der Waals surface area contributed by atoms with Crippen molar-refractivity contribution in [2.75, 3.05) is 0 Å². The first-order valence-corrected chi connectivity index (χ1v) is 6.07. The van der Waals surface area contributed by atoms with Gasteiger partial charge in [0, 0.05) is 10.7 Å². The second kappa shape index (κ2) is 3.55. The van der Waals surface area contributed by atoms with Crippen molar-refractivity contribution < 1.29 is 13.5 Å². The highest BCUT2D eigenvalue weighted by Crippen LogP contribution is 2.19. The highest BCUT2D eigenvalue weighted by Gasteiger charge is 2.07. The van der Waals surface area contributed by atoms with Gasteiger partial charge in [0.25, 0.3) is 0 Å². The molecule has 0 spiro atoms. The van der Waals surface area contributed by atoms with E-state index in [0.717, 1.165) is 0 Å². The van der Waals surface area contributed by atoms with Crippen LogP contribution in [0.15, 0.2) is 18.2 Å². The summed E-state index contributed by atoms with van der Waals surface area (Å²) in [5.41, 5.74) is 1.21. The molecule has 1 N–H and O–H groups in total. The van der Waals surface area contributed by atoms with Crippen molar-refractivity contribution >= 4 is 19.7 Å². The molecule has 0 atom stereocenters. The molecule has 72 valence electrons. The summed E-state index contributed by atoms with van der Waals surface area (Å²) in [7, 11) is 1.55. The summed E-state index contributed by atoms with van der Waals surface area (Å²) in [6.07, 6.45) is 0. The molecule has 5 heteroatoms. The second-order valence-electron chi connectivity index (χ2n) is 2.80. The van der Waals surface area contributed by atoms with E-state index in [-0.39, 0.29) is 11.5 Å². The number of aryl methyl sites for hydroxylation is 1. The van der Waals surface area contributed by atoms with E-state index in [0.29, 0.717) is 11.1 Å². The Morgan fingerprint density at radius 3 is 2.54 bits per heavy atom. The third-order valence-corrected chi connectivity index (χ3v) is 2.61. The van der Waals surface area contributed by atoms with Gasteiger partial charge in [0.1, 0.15) is 5.75 Å². The molecule has 0 aliphatic carbocycles. The Kier molecular flexibility index (Phi) is 2.83. The molecule has 0 heterocycles. The van der Waals surface area contributed by atoms with Crippen LogP contribution in [0.1, 0.15) is 11.1 Å². The first kappa shape index (κ1) is 10.3. The van der Waals surface area contributed by atoms with Gasteiger partial charge in [-0.2, -0.15) is 0 Å². The van der Waals surface area contributed by atoms with Gasteiger partial charge in [0.05, 0.1) is 5.75 Å². The molecule has 0 amide bonds. The smallest absolute Gasteiger partial charge is 0.236 e. The SMILES string of the molecule is Cc1cc(CS(=O)(=O)Cl)ccc1O. The quantitative estimate of drug-likeness (QED) is 0.773. The molecule has 0 unspecified atom stereocenters. The minimum atomic E-state index is -3.52. The Morgan fingerprint density at radius 1 is 1.46 bits per heavy atom. The fraction of sp³-hybridized carbons (Fsp3) is 0.250. The Hall–Kier alpha value is -0.740. The third-order valence-electron chi connectivity index (χ3n) is 1.60. The van der Waals surface area contributed by atoms with E-state index in [2.05, 4.69) is 0 Å². The lowest BCUT2D eigenvalue weighted by molar-refractivity contribution is 0.471. The molecule has 1 rings (SSSR count). The lowest BCUT2D eigenvalue weighted by Gasteiger charge is -2.01. The van der Waals surface area contributed by atoms with Crippen molar-refractivity contribution in [1.29, 1.82) is 0 Å². The topological polar surface area (TPSA) is 54.4 Å². The molecule has 3 nitrogen and oxygen atoms in total. The van der Waals surface area contributed by atoms with Crippen molar-refractivity contribution in [3.8, 4) is 5.75 Å². The third kappa shape index (κ3) is 3.24. The maximum absolute atomic E-state index is 10.7. The van der Waals surface area contributed by atoms with Crippen LogP contribution in [0.5, 0.6) is 5.75 Å². The van der Waals surface area contributed by atoms with E-state index in [1.165, 1.54) is 12.1 Å². The van der Waals surface area contributed by atoms with E-state index >= 15 is 0 Å². The number of halogens is 1. The minimum Gasteiger partial charge on any atom is -0.508 e. The van der Waals surface area contributed by atoms with Crippen LogP contribution in [0.3, 0.4) is 0 Å². The highest BCUT2D eigenvalue weighted by atomic mass is 35.7. The minimum absolute atomic E-state index is 0.149. The van der Waals surface area contributed by atoms with Crippen molar-refractivity contribution in [2.45, 2.75) is 12.7 Å². The van der Waals surface area contributed by atoms with Gasteiger partial charge in [-0.25, -0.2) is 8.42 Å². The fourth-order valence-corrected chi connectivity index (χ4v) is 1.96.